The number of nitrogens with one attached hydrogen (secondary N) is 2. The lowest BCUT2D eigenvalue weighted by atomic mass is 9.96. The molecule has 1 saturated heterocycles. The van der Waals surface area contributed by atoms with E-state index in [1.54, 1.807) is 14.2 Å². The maximum Gasteiger partial charge on any atom is 0.234 e. The molecule has 2 N–H and O–H groups in total. The normalized spacial score (nSPS) is 17.8. The SMILES string of the molecule is COc1ccc(CCNC(=O)CN2CCC(C(=O)NC3CC3)CC2)cc1OC. The van der Waals surface area contributed by atoms with Gasteiger partial charge in [0, 0.05) is 18.5 Å². The Bertz CT molecular complexity index is 682. The summed E-state index contributed by atoms with van der Waals surface area (Å²) in [5, 5.41) is 6.07. The summed E-state index contributed by atoms with van der Waals surface area (Å²) >= 11 is 0. The van der Waals surface area contributed by atoms with Crippen molar-refractivity contribution in [2.24, 2.45) is 5.92 Å². The van der Waals surface area contributed by atoms with E-state index in [1.165, 1.54) is 0 Å². The van der Waals surface area contributed by atoms with E-state index in [1.807, 2.05) is 18.2 Å². The van der Waals surface area contributed by atoms with Crippen LogP contribution in [0, 0.1) is 5.92 Å². The molecule has 28 heavy (non-hydrogen) atoms. The minimum absolute atomic E-state index is 0.0290. The van der Waals surface area contributed by atoms with E-state index in [-0.39, 0.29) is 17.7 Å². The number of hydrogen-bond acceptors (Lipinski definition) is 5. The fourth-order valence-corrected chi connectivity index (χ4v) is 3.54. The number of amides is 2. The van der Waals surface area contributed by atoms with Gasteiger partial charge in [0.05, 0.1) is 20.8 Å². The third kappa shape index (κ3) is 5.86. The van der Waals surface area contributed by atoms with Crippen molar-refractivity contribution >= 4 is 11.8 Å². The zero-order valence-corrected chi connectivity index (χ0v) is 16.8. The highest BCUT2D eigenvalue weighted by molar-refractivity contribution is 5.80. The molecule has 0 radical (unpaired) electrons. The molecule has 0 atom stereocenters. The number of hydrogen-bond donors (Lipinski definition) is 2. The molecule has 2 amide bonds. The molecule has 0 bridgehead atoms. The number of likely N-dealkylation sites (tertiary alicyclic amines) is 1. The highest BCUT2D eigenvalue weighted by atomic mass is 16.5. The summed E-state index contributed by atoms with van der Waals surface area (Å²) in [6.45, 7) is 2.56. The summed E-state index contributed by atoms with van der Waals surface area (Å²) < 4.78 is 10.5. The fraction of sp³-hybridized carbons (Fsp3) is 0.619. The molecule has 1 aliphatic heterocycles. The molecule has 2 aliphatic rings. The average Bonchev–Trinajstić information content (AvgIpc) is 3.52. The number of carbonyl (C=O) groups excluding carboxylic acids is 2. The first kappa shape index (κ1) is 20.5. The van der Waals surface area contributed by atoms with Crippen LogP contribution in [0.3, 0.4) is 0 Å². The molecule has 1 heterocycles. The first-order valence-corrected chi connectivity index (χ1v) is 10.1. The largest absolute Gasteiger partial charge is 0.493 e. The topological polar surface area (TPSA) is 79.9 Å². The fourth-order valence-electron chi connectivity index (χ4n) is 3.54. The summed E-state index contributed by atoms with van der Waals surface area (Å²) in [6, 6.07) is 6.20. The summed E-state index contributed by atoms with van der Waals surface area (Å²) in [7, 11) is 3.22. The lowest BCUT2D eigenvalue weighted by Crippen LogP contribution is -2.45. The van der Waals surface area contributed by atoms with E-state index >= 15 is 0 Å². The Morgan fingerprint density at radius 3 is 2.43 bits per heavy atom. The zero-order chi connectivity index (χ0) is 19.9. The number of nitrogens with zero attached hydrogens (tertiary/aromatic N) is 1. The number of methoxy groups -OCH3 is 2. The standard InChI is InChI=1S/C21H31N3O4/c1-27-18-6-3-15(13-19(18)28-2)7-10-22-20(25)14-24-11-8-16(9-12-24)21(26)23-17-4-5-17/h3,6,13,16-17H,4-5,7-12,14H2,1-2H3,(H,22,25)(H,23,26). The van der Waals surface area contributed by atoms with Crippen LogP contribution >= 0.6 is 0 Å². The van der Waals surface area contributed by atoms with Gasteiger partial charge in [-0.1, -0.05) is 6.07 Å². The molecule has 0 spiro atoms. The van der Waals surface area contributed by atoms with Gasteiger partial charge in [-0.15, -0.1) is 0 Å². The molecule has 0 unspecified atom stereocenters. The van der Waals surface area contributed by atoms with Crippen LogP contribution < -0.4 is 20.1 Å². The third-order valence-electron chi connectivity index (χ3n) is 5.43. The predicted molar refractivity (Wildman–Crippen MR) is 107 cm³/mol. The number of benzene rings is 1. The average molecular weight is 389 g/mol. The first-order valence-electron chi connectivity index (χ1n) is 10.1. The highest BCUT2D eigenvalue weighted by Gasteiger charge is 2.30. The number of ether oxygens (including phenoxy) is 2. The second-order valence-electron chi connectivity index (χ2n) is 7.62. The van der Waals surface area contributed by atoms with E-state index < -0.39 is 0 Å². The minimum Gasteiger partial charge on any atom is -0.493 e. The van der Waals surface area contributed by atoms with Gasteiger partial charge in [0.1, 0.15) is 0 Å². The molecule has 0 aromatic heterocycles. The Kier molecular flexibility index (Phi) is 7.14. The van der Waals surface area contributed by atoms with E-state index in [0.717, 1.165) is 50.8 Å². The predicted octanol–water partition coefficient (Wildman–Crippen LogP) is 1.35. The second kappa shape index (κ2) is 9.78. The Balaban J connectivity index is 1.34. The Hall–Kier alpha value is -2.28. The van der Waals surface area contributed by atoms with Crippen molar-refractivity contribution in [1.82, 2.24) is 15.5 Å². The second-order valence-corrected chi connectivity index (χ2v) is 7.62. The summed E-state index contributed by atoms with van der Waals surface area (Å²) in [5.74, 6) is 1.72. The van der Waals surface area contributed by atoms with Crippen molar-refractivity contribution in [1.29, 1.82) is 0 Å². The molecule has 3 rings (SSSR count). The van der Waals surface area contributed by atoms with E-state index in [0.29, 0.717) is 30.6 Å². The molecular weight excluding hydrogens is 358 g/mol. The quantitative estimate of drug-likeness (QED) is 0.667. The van der Waals surface area contributed by atoms with Crippen LogP contribution in [0.4, 0.5) is 0 Å². The molecular formula is C21H31N3O4. The van der Waals surface area contributed by atoms with Gasteiger partial charge >= 0.3 is 0 Å². The van der Waals surface area contributed by atoms with Gasteiger partial charge in [-0.2, -0.15) is 0 Å². The molecule has 1 saturated carbocycles. The van der Waals surface area contributed by atoms with Crippen LogP contribution in [0.2, 0.25) is 0 Å². The lowest BCUT2D eigenvalue weighted by molar-refractivity contribution is -0.127. The van der Waals surface area contributed by atoms with Gasteiger partial charge in [0.25, 0.3) is 0 Å². The smallest absolute Gasteiger partial charge is 0.234 e. The van der Waals surface area contributed by atoms with Gasteiger partial charge in [0.15, 0.2) is 11.5 Å². The molecule has 1 aromatic rings. The summed E-state index contributed by atoms with van der Waals surface area (Å²) in [6.07, 6.45) is 4.63. The summed E-state index contributed by atoms with van der Waals surface area (Å²) in [4.78, 5) is 26.5. The molecule has 1 aliphatic carbocycles. The van der Waals surface area contributed by atoms with Crippen LogP contribution in [0.1, 0.15) is 31.2 Å². The molecule has 1 aromatic carbocycles. The summed E-state index contributed by atoms with van der Waals surface area (Å²) in [5.41, 5.74) is 1.08. The van der Waals surface area contributed by atoms with Crippen LogP contribution in [0.25, 0.3) is 0 Å². The van der Waals surface area contributed by atoms with Crippen LogP contribution in [-0.4, -0.2) is 63.2 Å². The van der Waals surface area contributed by atoms with Crippen molar-refractivity contribution in [2.75, 3.05) is 40.4 Å². The molecule has 2 fully saturated rings. The van der Waals surface area contributed by atoms with Gasteiger partial charge in [0.2, 0.25) is 11.8 Å². The Morgan fingerprint density at radius 1 is 1.07 bits per heavy atom. The number of piperidine rings is 1. The van der Waals surface area contributed by atoms with Gasteiger partial charge < -0.3 is 20.1 Å². The zero-order valence-electron chi connectivity index (χ0n) is 16.8. The Morgan fingerprint density at radius 2 is 1.79 bits per heavy atom. The van der Waals surface area contributed by atoms with Gasteiger partial charge in [-0.05, 0) is 62.9 Å². The Labute approximate surface area is 166 Å². The van der Waals surface area contributed by atoms with Gasteiger partial charge in [-0.25, -0.2) is 0 Å². The van der Waals surface area contributed by atoms with Crippen molar-refractivity contribution in [3.8, 4) is 11.5 Å². The van der Waals surface area contributed by atoms with Crippen molar-refractivity contribution in [2.45, 2.75) is 38.1 Å². The molecule has 154 valence electrons. The van der Waals surface area contributed by atoms with Gasteiger partial charge in [-0.3, -0.25) is 14.5 Å². The van der Waals surface area contributed by atoms with Crippen molar-refractivity contribution in [3.05, 3.63) is 23.8 Å². The molecule has 7 nitrogen and oxygen atoms in total. The van der Waals surface area contributed by atoms with Crippen LogP contribution in [0.5, 0.6) is 11.5 Å². The van der Waals surface area contributed by atoms with Crippen LogP contribution in [-0.2, 0) is 16.0 Å². The highest BCUT2D eigenvalue weighted by Crippen LogP contribution is 2.27. The first-order chi connectivity index (χ1) is 13.6. The number of rotatable bonds is 9. The lowest BCUT2D eigenvalue weighted by Gasteiger charge is -2.30. The van der Waals surface area contributed by atoms with E-state index in [2.05, 4.69) is 15.5 Å². The third-order valence-corrected chi connectivity index (χ3v) is 5.43. The van der Waals surface area contributed by atoms with Crippen molar-refractivity contribution < 1.29 is 19.1 Å². The maximum absolute atomic E-state index is 12.2. The minimum atomic E-state index is 0.0290. The van der Waals surface area contributed by atoms with E-state index in [9.17, 15) is 9.59 Å². The maximum atomic E-state index is 12.2. The molecule has 7 heteroatoms. The van der Waals surface area contributed by atoms with E-state index in [4.69, 9.17) is 9.47 Å². The van der Waals surface area contributed by atoms with Crippen LogP contribution in [0.15, 0.2) is 18.2 Å². The number of carbonyl (C=O) groups is 2. The van der Waals surface area contributed by atoms with Crippen molar-refractivity contribution in [3.63, 3.8) is 0 Å². The monoisotopic (exact) mass is 389 g/mol.